The third-order valence-corrected chi connectivity index (χ3v) is 3.94. The lowest BCUT2D eigenvalue weighted by Crippen LogP contribution is -2.33. The van der Waals surface area contributed by atoms with Crippen LogP contribution in [0.2, 0.25) is 5.02 Å². The number of rotatable bonds is 8. The van der Waals surface area contributed by atoms with Crippen molar-refractivity contribution in [2.75, 3.05) is 13.2 Å². The lowest BCUT2D eigenvalue weighted by Gasteiger charge is -2.18. The molecule has 0 fully saturated rings. The minimum Gasteiger partial charge on any atom is -0.490 e. The fraction of sp³-hybridized carbons (Fsp3) is 0.316. The van der Waals surface area contributed by atoms with Gasteiger partial charge in [0, 0.05) is 17.6 Å². The maximum absolute atomic E-state index is 11.5. The Morgan fingerprint density at radius 3 is 2.71 bits per heavy atom. The lowest BCUT2D eigenvalue weighted by atomic mass is 10.1. The number of para-hydroxylation sites is 1. The quantitative estimate of drug-likeness (QED) is 0.716. The zero-order chi connectivity index (χ0) is 17.5. The van der Waals surface area contributed by atoms with Crippen LogP contribution in [-0.4, -0.2) is 30.1 Å². The Morgan fingerprint density at radius 2 is 2.00 bits per heavy atom. The van der Waals surface area contributed by atoms with Crippen molar-refractivity contribution < 1.29 is 14.6 Å². The van der Waals surface area contributed by atoms with Gasteiger partial charge in [0.25, 0.3) is 0 Å². The Morgan fingerprint density at radius 1 is 1.25 bits per heavy atom. The molecule has 2 rings (SSSR count). The molecule has 2 aromatic rings. The molecule has 2 atom stereocenters. The van der Waals surface area contributed by atoms with E-state index in [-0.39, 0.29) is 18.4 Å². The zero-order valence-electron chi connectivity index (χ0n) is 13.8. The molecule has 0 spiro atoms. The third kappa shape index (κ3) is 5.34. The largest absolute Gasteiger partial charge is 0.490 e. The van der Waals surface area contributed by atoms with Gasteiger partial charge in [-0.1, -0.05) is 35.9 Å². The molecule has 0 aliphatic rings. The highest BCUT2D eigenvalue weighted by atomic mass is 35.5. The van der Waals surface area contributed by atoms with Crippen LogP contribution in [0.25, 0.3) is 0 Å². The first kappa shape index (κ1) is 18.5. The Bertz CT molecular complexity index is 690. The summed E-state index contributed by atoms with van der Waals surface area (Å²) in [5.74, 6) is 0.430. The van der Waals surface area contributed by atoms with Crippen LogP contribution in [0.4, 0.5) is 0 Å². The SMILES string of the molecule is CC(=O)c1ccccc1OCC(O)CNC(C)c1cccc(Cl)c1. The molecule has 0 aromatic heterocycles. The van der Waals surface area contributed by atoms with E-state index in [9.17, 15) is 9.90 Å². The molecule has 2 unspecified atom stereocenters. The van der Waals surface area contributed by atoms with Crippen molar-refractivity contribution in [3.05, 3.63) is 64.7 Å². The number of ether oxygens (including phenoxy) is 1. The topological polar surface area (TPSA) is 58.6 Å². The minimum atomic E-state index is -0.688. The second kappa shape index (κ2) is 8.83. The van der Waals surface area contributed by atoms with Crippen molar-refractivity contribution in [2.45, 2.75) is 26.0 Å². The smallest absolute Gasteiger partial charge is 0.163 e. The van der Waals surface area contributed by atoms with Gasteiger partial charge in [0.15, 0.2) is 5.78 Å². The maximum Gasteiger partial charge on any atom is 0.163 e. The summed E-state index contributed by atoms with van der Waals surface area (Å²) >= 11 is 5.98. The first-order valence-electron chi connectivity index (χ1n) is 7.87. The summed E-state index contributed by atoms with van der Waals surface area (Å²) in [6.07, 6.45) is -0.688. The number of hydrogen-bond acceptors (Lipinski definition) is 4. The van der Waals surface area contributed by atoms with Gasteiger partial charge in [-0.05, 0) is 43.7 Å². The molecule has 0 bridgehead atoms. The zero-order valence-corrected chi connectivity index (χ0v) is 14.6. The van der Waals surface area contributed by atoms with Crippen molar-refractivity contribution >= 4 is 17.4 Å². The molecule has 0 amide bonds. The Labute approximate surface area is 147 Å². The highest BCUT2D eigenvalue weighted by molar-refractivity contribution is 6.30. The van der Waals surface area contributed by atoms with Crippen molar-refractivity contribution in [3.8, 4) is 5.75 Å². The van der Waals surface area contributed by atoms with E-state index < -0.39 is 6.10 Å². The molecular weight excluding hydrogens is 326 g/mol. The predicted octanol–water partition coefficient (Wildman–Crippen LogP) is 3.63. The van der Waals surface area contributed by atoms with Crippen molar-refractivity contribution in [3.63, 3.8) is 0 Å². The molecule has 4 nitrogen and oxygen atoms in total. The van der Waals surface area contributed by atoms with Gasteiger partial charge in [0.05, 0.1) is 5.56 Å². The van der Waals surface area contributed by atoms with Crippen LogP contribution in [0, 0.1) is 0 Å². The maximum atomic E-state index is 11.5. The van der Waals surface area contributed by atoms with Crippen LogP contribution in [0.15, 0.2) is 48.5 Å². The molecule has 0 heterocycles. The molecule has 24 heavy (non-hydrogen) atoms. The van der Waals surface area contributed by atoms with Crippen molar-refractivity contribution in [1.29, 1.82) is 0 Å². The minimum absolute atomic E-state index is 0.0582. The summed E-state index contributed by atoms with van der Waals surface area (Å²) in [7, 11) is 0. The van der Waals surface area contributed by atoms with Gasteiger partial charge < -0.3 is 15.2 Å². The Hall–Kier alpha value is -1.88. The number of carbonyl (C=O) groups excluding carboxylic acids is 1. The van der Waals surface area contributed by atoms with E-state index in [0.29, 0.717) is 22.9 Å². The first-order chi connectivity index (χ1) is 11.5. The molecule has 0 saturated heterocycles. The van der Waals surface area contributed by atoms with Crippen LogP contribution < -0.4 is 10.1 Å². The fourth-order valence-electron chi connectivity index (χ4n) is 2.33. The molecular formula is C19H22ClNO3. The van der Waals surface area contributed by atoms with Gasteiger partial charge in [0.2, 0.25) is 0 Å². The van der Waals surface area contributed by atoms with Crippen LogP contribution in [0.1, 0.15) is 35.8 Å². The second-order valence-electron chi connectivity index (χ2n) is 5.70. The molecule has 0 aliphatic heterocycles. The average Bonchev–Trinajstić information content (AvgIpc) is 2.58. The first-order valence-corrected chi connectivity index (χ1v) is 8.25. The number of nitrogens with one attached hydrogen (secondary N) is 1. The van der Waals surface area contributed by atoms with Crippen LogP contribution in [0.5, 0.6) is 5.75 Å². The molecule has 0 aliphatic carbocycles. The number of halogens is 1. The molecule has 2 N–H and O–H groups in total. The van der Waals surface area contributed by atoms with E-state index in [2.05, 4.69) is 5.32 Å². The molecule has 0 saturated carbocycles. The molecule has 0 radical (unpaired) electrons. The average molecular weight is 348 g/mol. The number of Topliss-reactive ketones (excluding diaryl/α,β-unsaturated/α-hetero) is 1. The van der Waals surface area contributed by atoms with Gasteiger partial charge in [-0.25, -0.2) is 0 Å². The van der Waals surface area contributed by atoms with Crippen LogP contribution in [-0.2, 0) is 0 Å². The van der Waals surface area contributed by atoms with E-state index in [0.717, 1.165) is 5.56 Å². The lowest BCUT2D eigenvalue weighted by molar-refractivity contribution is 0.0966. The second-order valence-corrected chi connectivity index (χ2v) is 6.14. The standard InChI is InChI=1S/C19H22ClNO3/c1-13(15-6-5-7-16(20)10-15)21-11-17(23)12-24-19-9-4-3-8-18(19)14(2)22/h3-10,13,17,21,23H,11-12H2,1-2H3. The third-order valence-electron chi connectivity index (χ3n) is 3.71. The monoisotopic (exact) mass is 347 g/mol. The van der Waals surface area contributed by atoms with E-state index in [1.807, 2.05) is 31.2 Å². The van der Waals surface area contributed by atoms with Gasteiger partial charge in [-0.15, -0.1) is 0 Å². The molecule has 2 aromatic carbocycles. The van der Waals surface area contributed by atoms with Gasteiger partial charge in [0.1, 0.15) is 18.5 Å². The number of aliphatic hydroxyl groups excluding tert-OH is 1. The van der Waals surface area contributed by atoms with Crippen molar-refractivity contribution in [2.24, 2.45) is 0 Å². The highest BCUT2D eigenvalue weighted by Gasteiger charge is 2.12. The summed E-state index contributed by atoms with van der Waals surface area (Å²) in [6.45, 7) is 3.98. The van der Waals surface area contributed by atoms with E-state index in [1.165, 1.54) is 6.92 Å². The normalized spacial score (nSPS) is 13.3. The van der Waals surface area contributed by atoms with Gasteiger partial charge >= 0.3 is 0 Å². The Kier molecular flexibility index (Phi) is 6.79. The molecule has 128 valence electrons. The number of benzene rings is 2. The summed E-state index contributed by atoms with van der Waals surface area (Å²) in [4.78, 5) is 11.5. The predicted molar refractivity (Wildman–Crippen MR) is 95.8 cm³/mol. The number of ketones is 1. The van der Waals surface area contributed by atoms with Crippen molar-refractivity contribution in [1.82, 2.24) is 5.32 Å². The van der Waals surface area contributed by atoms with Crippen LogP contribution in [0.3, 0.4) is 0 Å². The number of hydrogen-bond donors (Lipinski definition) is 2. The van der Waals surface area contributed by atoms with E-state index in [1.54, 1.807) is 24.3 Å². The summed E-state index contributed by atoms with van der Waals surface area (Å²) in [5.41, 5.74) is 1.57. The van der Waals surface area contributed by atoms with Crippen LogP contribution >= 0.6 is 11.6 Å². The summed E-state index contributed by atoms with van der Waals surface area (Å²) in [5, 5.41) is 14.0. The van der Waals surface area contributed by atoms with E-state index >= 15 is 0 Å². The highest BCUT2D eigenvalue weighted by Crippen LogP contribution is 2.19. The summed E-state index contributed by atoms with van der Waals surface area (Å²) < 4.78 is 5.59. The number of aliphatic hydroxyl groups is 1. The fourth-order valence-corrected chi connectivity index (χ4v) is 2.53. The van der Waals surface area contributed by atoms with Gasteiger partial charge in [-0.3, -0.25) is 4.79 Å². The Balaban J connectivity index is 1.84. The summed E-state index contributed by atoms with van der Waals surface area (Å²) in [6, 6.07) is 14.7. The van der Waals surface area contributed by atoms with E-state index in [4.69, 9.17) is 16.3 Å². The van der Waals surface area contributed by atoms with Gasteiger partial charge in [-0.2, -0.15) is 0 Å². The number of carbonyl (C=O) groups is 1. The molecule has 5 heteroatoms.